The minimum absolute atomic E-state index is 0.0166. The van der Waals surface area contributed by atoms with Crippen molar-refractivity contribution in [3.8, 4) is 11.3 Å². The van der Waals surface area contributed by atoms with E-state index in [2.05, 4.69) is 25.2 Å². The third kappa shape index (κ3) is 3.36. The molecule has 1 N–H and O–H groups in total. The van der Waals surface area contributed by atoms with Crippen LogP contribution in [0.1, 0.15) is 4.88 Å². The fraction of sp³-hybridized carbons (Fsp3) is 0.222. The van der Waals surface area contributed by atoms with Crippen molar-refractivity contribution in [3.05, 3.63) is 53.8 Å². The van der Waals surface area contributed by atoms with Gasteiger partial charge in [-0.25, -0.2) is 15.0 Å². The molecule has 0 radical (unpaired) electrons. The van der Waals surface area contributed by atoms with Crippen LogP contribution >= 0.6 is 11.3 Å². The standard InChI is InChI=1S/C18H17N5OS/c1-12-8-19-18(25-12)22-17(24)14-9-23(10-14)16-7-15(20-11-21-16)13-5-3-2-4-6-13/h2-8,11,14H,9-10H2,1H3,(H,19,22,24). The molecule has 0 bridgehead atoms. The molecule has 0 atom stereocenters. The molecule has 6 nitrogen and oxygen atoms in total. The number of hydrogen-bond acceptors (Lipinski definition) is 6. The van der Waals surface area contributed by atoms with Gasteiger partial charge in [0.15, 0.2) is 5.13 Å². The summed E-state index contributed by atoms with van der Waals surface area (Å²) in [5.41, 5.74) is 1.94. The van der Waals surface area contributed by atoms with Gasteiger partial charge in [0.1, 0.15) is 12.1 Å². The summed E-state index contributed by atoms with van der Waals surface area (Å²) in [5.74, 6) is 0.824. The van der Waals surface area contributed by atoms with Crippen molar-refractivity contribution in [3.63, 3.8) is 0 Å². The van der Waals surface area contributed by atoms with Gasteiger partial charge in [-0.15, -0.1) is 11.3 Å². The molecule has 1 fully saturated rings. The highest BCUT2D eigenvalue weighted by Crippen LogP contribution is 2.27. The molecule has 1 amide bonds. The summed E-state index contributed by atoms with van der Waals surface area (Å²) >= 11 is 1.49. The van der Waals surface area contributed by atoms with E-state index >= 15 is 0 Å². The second-order valence-corrected chi connectivity index (χ2v) is 7.23. The SMILES string of the molecule is Cc1cnc(NC(=O)C2CN(c3cc(-c4ccccc4)ncn3)C2)s1. The molecule has 0 unspecified atom stereocenters. The number of thiazole rings is 1. The van der Waals surface area contributed by atoms with Gasteiger partial charge in [-0.05, 0) is 6.92 Å². The van der Waals surface area contributed by atoms with Gasteiger partial charge >= 0.3 is 0 Å². The molecule has 1 aliphatic rings. The number of aromatic nitrogens is 3. The average molecular weight is 351 g/mol. The van der Waals surface area contributed by atoms with Crippen LogP contribution in [0.15, 0.2) is 48.9 Å². The van der Waals surface area contributed by atoms with Crippen molar-refractivity contribution in [2.75, 3.05) is 23.3 Å². The Bertz CT molecular complexity index is 889. The molecule has 25 heavy (non-hydrogen) atoms. The molecule has 7 heteroatoms. The maximum Gasteiger partial charge on any atom is 0.232 e. The lowest BCUT2D eigenvalue weighted by molar-refractivity contribution is -0.120. The van der Waals surface area contributed by atoms with Crippen molar-refractivity contribution >= 4 is 28.2 Å². The van der Waals surface area contributed by atoms with E-state index in [4.69, 9.17) is 0 Å². The van der Waals surface area contributed by atoms with E-state index in [9.17, 15) is 4.79 Å². The quantitative estimate of drug-likeness (QED) is 0.782. The Hall–Kier alpha value is -2.80. The third-order valence-electron chi connectivity index (χ3n) is 4.15. The molecule has 0 aliphatic carbocycles. The number of anilines is 2. The zero-order valence-corrected chi connectivity index (χ0v) is 14.5. The topological polar surface area (TPSA) is 71.0 Å². The summed E-state index contributed by atoms with van der Waals surface area (Å²) in [4.78, 5) is 28.3. The molecule has 0 spiro atoms. The Labute approximate surface area is 149 Å². The lowest BCUT2D eigenvalue weighted by Gasteiger charge is -2.38. The molecule has 0 saturated carbocycles. The van der Waals surface area contributed by atoms with Gasteiger partial charge in [0, 0.05) is 35.8 Å². The Morgan fingerprint density at radius 1 is 1.20 bits per heavy atom. The van der Waals surface area contributed by atoms with E-state index in [0.717, 1.165) is 22.0 Å². The van der Waals surface area contributed by atoms with Gasteiger partial charge in [-0.2, -0.15) is 0 Å². The number of nitrogens with one attached hydrogen (secondary N) is 1. The van der Waals surface area contributed by atoms with Crippen LogP contribution in [-0.4, -0.2) is 33.9 Å². The first-order valence-electron chi connectivity index (χ1n) is 8.05. The van der Waals surface area contributed by atoms with E-state index in [-0.39, 0.29) is 11.8 Å². The fourth-order valence-electron chi connectivity index (χ4n) is 2.74. The zero-order chi connectivity index (χ0) is 17.2. The summed E-state index contributed by atoms with van der Waals surface area (Å²) in [6.07, 6.45) is 3.34. The molecule has 1 saturated heterocycles. The number of carbonyl (C=O) groups excluding carboxylic acids is 1. The smallest absolute Gasteiger partial charge is 0.232 e. The maximum atomic E-state index is 12.3. The van der Waals surface area contributed by atoms with E-state index in [1.165, 1.54) is 11.3 Å². The largest absolute Gasteiger partial charge is 0.355 e. The highest BCUT2D eigenvalue weighted by molar-refractivity contribution is 7.15. The average Bonchev–Trinajstić information content (AvgIpc) is 2.99. The molecule has 2 aromatic heterocycles. The van der Waals surface area contributed by atoms with Crippen LogP contribution in [0.3, 0.4) is 0 Å². The number of nitrogens with zero attached hydrogens (tertiary/aromatic N) is 4. The summed E-state index contributed by atoms with van der Waals surface area (Å²) in [6, 6.07) is 12.0. The lowest BCUT2D eigenvalue weighted by Crippen LogP contribution is -2.52. The van der Waals surface area contributed by atoms with Gasteiger partial charge in [-0.1, -0.05) is 30.3 Å². The normalized spacial score (nSPS) is 14.2. The number of hydrogen-bond donors (Lipinski definition) is 1. The maximum absolute atomic E-state index is 12.3. The van der Waals surface area contributed by atoms with E-state index in [1.807, 2.05) is 43.3 Å². The van der Waals surface area contributed by atoms with Gasteiger partial charge in [0.25, 0.3) is 0 Å². The molecular formula is C18H17N5OS. The minimum atomic E-state index is -0.0423. The number of aryl methyl sites for hydroxylation is 1. The van der Waals surface area contributed by atoms with Gasteiger partial charge in [0.05, 0.1) is 11.6 Å². The first-order valence-corrected chi connectivity index (χ1v) is 8.86. The summed E-state index contributed by atoms with van der Waals surface area (Å²) in [5, 5.41) is 3.54. The second kappa shape index (κ2) is 6.60. The van der Waals surface area contributed by atoms with Crippen LogP contribution in [0.5, 0.6) is 0 Å². The van der Waals surface area contributed by atoms with Crippen LogP contribution in [0.4, 0.5) is 10.9 Å². The van der Waals surface area contributed by atoms with Crippen LogP contribution in [0.25, 0.3) is 11.3 Å². The predicted octanol–water partition coefficient (Wildman–Crippen LogP) is 2.98. The molecule has 126 valence electrons. The van der Waals surface area contributed by atoms with Crippen molar-refractivity contribution in [1.82, 2.24) is 15.0 Å². The third-order valence-corrected chi connectivity index (χ3v) is 4.98. The van der Waals surface area contributed by atoms with Gasteiger partial charge < -0.3 is 10.2 Å². The van der Waals surface area contributed by atoms with E-state index in [0.29, 0.717) is 18.2 Å². The van der Waals surface area contributed by atoms with Crippen LogP contribution in [0, 0.1) is 12.8 Å². The van der Waals surface area contributed by atoms with Crippen molar-refractivity contribution < 1.29 is 4.79 Å². The van der Waals surface area contributed by atoms with Crippen molar-refractivity contribution in [2.45, 2.75) is 6.92 Å². The first kappa shape index (κ1) is 15.7. The minimum Gasteiger partial charge on any atom is -0.355 e. The van der Waals surface area contributed by atoms with E-state index in [1.54, 1.807) is 12.5 Å². The number of carbonyl (C=O) groups is 1. The molecule has 1 aliphatic heterocycles. The van der Waals surface area contributed by atoms with Crippen molar-refractivity contribution in [1.29, 1.82) is 0 Å². The zero-order valence-electron chi connectivity index (χ0n) is 13.7. The number of amides is 1. The van der Waals surface area contributed by atoms with Gasteiger partial charge in [0.2, 0.25) is 5.91 Å². The van der Waals surface area contributed by atoms with Crippen molar-refractivity contribution in [2.24, 2.45) is 5.92 Å². The Morgan fingerprint density at radius 3 is 2.72 bits per heavy atom. The van der Waals surface area contributed by atoms with Gasteiger partial charge in [-0.3, -0.25) is 4.79 Å². The Kier molecular flexibility index (Phi) is 4.15. The second-order valence-electron chi connectivity index (χ2n) is 5.99. The van der Waals surface area contributed by atoms with E-state index < -0.39 is 0 Å². The molecular weight excluding hydrogens is 334 g/mol. The molecule has 3 heterocycles. The fourth-order valence-corrected chi connectivity index (χ4v) is 3.41. The highest BCUT2D eigenvalue weighted by atomic mass is 32.1. The predicted molar refractivity (Wildman–Crippen MR) is 98.7 cm³/mol. The van der Waals surface area contributed by atoms with Crippen LogP contribution in [0.2, 0.25) is 0 Å². The lowest BCUT2D eigenvalue weighted by atomic mass is 9.99. The van der Waals surface area contributed by atoms with Crippen LogP contribution in [-0.2, 0) is 4.79 Å². The molecule has 4 rings (SSSR count). The monoisotopic (exact) mass is 351 g/mol. The summed E-state index contributed by atoms with van der Waals surface area (Å²) in [6.45, 7) is 3.28. The molecule has 3 aromatic rings. The molecule has 1 aromatic carbocycles. The van der Waals surface area contributed by atoms with Crippen LogP contribution < -0.4 is 10.2 Å². The summed E-state index contributed by atoms with van der Waals surface area (Å²) < 4.78 is 0. The highest BCUT2D eigenvalue weighted by Gasteiger charge is 2.34. The Morgan fingerprint density at radius 2 is 2.00 bits per heavy atom. The summed E-state index contributed by atoms with van der Waals surface area (Å²) in [7, 11) is 0. The number of rotatable bonds is 4. The first-order chi connectivity index (χ1) is 12.2. The number of benzene rings is 1. The Balaban J connectivity index is 1.40.